The molecule has 0 unspecified atom stereocenters. The molecule has 0 radical (unpaired) electrons. The minimum Gasteiger partial charge on any atom is -0.354 e. The predicted molar refractivity (Wildman–Crippen MR) is 75.9 cm³/mol. The maximum atomic E-state index is 4.79. The minimum atomic E-state index is 0.856. The summed E-state index contributed by atoms with van der Waals surface area (Å²) >= 11 is 0. The van der Waals surface area contributed by atoms with Gasteiger partial charge in [0.1, 0.15) is 11.6 Å². The van der Waals surface area contributed by atoms with E-state index in [-0.39, 0.29) is 0 Å². The van der Waals surface area contributed by atoms with E-state index in [0.29, 0.717) is 0 Å². The van der Waals surface area contributed by atoms with Crippen molar-refractivity contribution in [1.29, 1.82) is 0 Å². The fourth-order valence-electron chi connectivity index (χ4n) is 2.42. The minimum absolute atomic E-state index is 0.856. The maximum Gasteiger partial charge on any atom is 0.142 e. The number of hydrogen-bond acceptors (Lipinski definition) is 4. The predicted octanol–water partition coefficient (Wildman–Crippen LogP) is 1.47. The number of aromatic nitrogens is 1. The molecular formula is C14H18N4. The van der Waals surface area contributed by atoms with Crippen LogP contribution in [0, 0.1) is 0 Å². The summed E-state index contributed by atoms with van der Waals surface area (Å²) in [5, 5.41) is 3.36. The van der Waals surface area contributed by atoms with Gasteiger partial charge in [0, 0.05) is 38.3 Å². The van der Waals surface area contributed by atoms with E-state index in [4.69, 9.17) is 4.98 Å². The molecule has 0 saturated carbocycles. The van der Waals surface area contributed by atoms with Crippen LogP contribution in [0.4, 0.5) is 11.6 Å². The summed E-state index contributed by atoms with van der Waals surface area (Å²) in [5.41, 5.74) is 1.17. The van der Waals surface area contributed by atoms with Crippen LogP contribution in [0.3, 0.4) is 0 Å². The average Bonchev–Trinajstić information content (AvgIpc) is 2.47. The van der Waals surface area contributed by atoms with Gasteiger partial charge in [0.05, 0.1) is 0 Å². The molecular weight excluding hydrogens is 224 g/mol. The van der Waals surface area contributed by atoms with E-state index in [9.17, 15) is 0 Å². The van der Waals surface area contributed by atoms with E-state index >= 15 is 0 Å². The molecule has 4 heteroatoms. The molecule has 0 spiro atoms. The number of nitrogens with zero attached hydrogens (tertiary/aromatic N) is 3. The second kappa shape index (κ2) is 4.82. The van der Waals surface area contributed by atoms with Crippen LogP contribution in [0.5, 0.6) is 0 Å². The Morgan fingerprint density at radius 1 is 1.28 bits per heavy atom. The van der Waals surface area contributed by atoms with Crippen LogP contribution in [0.2, 0.25) is 0 Å². The van der Waals surface area contributed by atoms with Crippen molar-refractivity contribution in [2.24, 2.45) is 0 Å². The molecule has 0 amide bonds. The Bertz CT molecular complexity index is 475. The van der Waals surface area contributed by atoms with Gasteiger partial charge in [0.15, 0.2) is 0 Å². The average molecular weight is 242 g/mol. The van der Waals surface area contributed by atoms with Gasteiger partial charge in [-0.1, -0.05) is 18.7 Å². The molecule has 94 valence electrons. The smallest absolute Gasteiger partial charge is 0.142 e. The summed E-state index contributed by atoms with van der Waals surface area (Å²) < 4.78 is 0. The van der Waals surface area contributed by atoms with Gasteiger partial charge in [-0.25, -0.2) is 4.98 Å². The third kappa shape index (κ3) is 1.99. The topological polar surface area (TPSA) is 31.4 Å². The van der Waals surface area contributed by atoms with E-state index in [0.717, 1.165) is 44.4 Å². The third-order valence-corrected chi connectivity index (χ3v) is 3.42. The molecule has 1 N–H and O–H groups in total. The quantitative estimate of drug-likeness (QED) is 0.851. The molecule has 4 nitrogen and oxygen atoms in total. The maximum absolute atomic E-state index is 4.79. The van der Waals surface area contributed by atoms with Gasteiger partial charge in [0.25, 0.3) is 0 Å². The van der Waals surface area contributed by atoms with Gasteiger partial charge < -0.3 is 15.1 Å². The second-order valence-corrected chi connectivity index (χ2v) is 4.56. The summed E-state index contributed by atoms with van der Waals surface area (Å²) in [6.07, 6.45) is 6.11. The van der Waals surface area contributed by atoms with Crippen LogP contribution in [0.15, 0.2) is 31.0 Å². The number of anilines is 2. The summed E-state index contributed by atoms with van der Waals surface area (Å²) in [6, 6.07) is 4.26. The van der Waals surface area contributed by atoms with E-state index in [1.807, 2.05) is 6.20 Å². The van der Waals surface area contributed by atoms with Crippen LogP contribution in [0.1, 0.15) is 5.56 Å². The molecule has 2 aliphatic rings. The van der Waals surface area contributed by atoms with Crippen molar-refractivity contribution >= 4 is 17.7 Å². The number of hydrogen-bond donors (Lipinski definition) is 1. The highest BCUT2D eigenvalue weighted by atomic mass is 15.3. The standard InChI is InChI=1S/C14H18N4/c1-2-17-9-3-4-12-5-6-13(16-14(12)17)18-10-7-15-8-11-18/h2-6,15H,1,7-11H2. The zero-order chi connectivity index (χ0) is 12.4. The lowest BCUT2D eigenvalue weighted by molar-refractivity contribution is 0.585. The first-order chi connectivity index (χ1) is 8.88. The molecule has 2 aliphatic heterocycles. The number of fused-ring (bicyclic) bond motifs is 1. The Morgan fingerprint density at radius 2 is 2.11 bits per heavy atom. The van der Waals surface area contributed by atoms with Crippen LogP contribution in [0.25, 0.3) is 6.08 Å². The van der Waals surface area contributed by atoms with Gasteiger partial charge in [-0.3, -0.25) is 0 Å². The summed E-state index contributed by atoms with van der Waals surface area (Å²) in [5.74, 6) is 2.08. The largest absolute Gasteiger partial charge is 0.354 e. The molecule has 3 heterocycles. The molecule has 3 rings (SSSR count). The first kappa shape index (κ1) is 11.3. The van der Waals surface area contributed by atoms with Crippen molar-refractivity contribution in [3.05, 3.63) is 36.6 Å². The van der Waals surface area contributed by atoms with Gasteiger partial charge in [-0.05, 0) is 18.3 Å². The summed E-state index contributed by atoms with van der Waals surface area (Å²) in [4.78, 5) is 9.20. The van der Waals surface area contributed by atoms with Crippen molar-refractivity contribution in [2.45, 2.75) is 0 Å². The Labute approximate surface area is 108 Å². The molecule has 0 atom stereocenters. The number of nitrogens with one attached hydrogen (secondary N) is 1. The lowest BCUT2D eigenvalue weighted by Gasteiger charge is -2.30. The van der Waals surface area contributed by atoms with Crippen molar-refractivity contribution in [3.63, 3.8) is 0 Å². The van der Waals surface area contributed by atoms with Crippen molar-refractivity contribution < 1.29 is 0 Å². The molecule has 1 aromatic heterocycles. The van der Waals surface area contributed by atoms with Crippen LogP contribution in [-0.4, -0.2) is 37.7 Å². The molecule has 0 aromatic carbocycles. The second-order valence-electron chi connectivity index (χ2n) is 4.56. The fourth-order valence-corrected chi connectivity index (χ4v) is 2.42. The number of piperazine rings is 1. The molecule has 1 fully saturated rings. The normalized spacial score (nSPS) is 18.7. The highest BCUT2D eigenvalue weighted by molar-refractivity contribution is 5.71. The van der Waals surface area contributed by atoms with E-state index < -0.39 is 0 Å². The third-order valence-electron chi connectivity index (χ3n) is 3.42. The lowest BCUT2D eigenvalue weighted by atomic mass is 10.1. The summed E-state index contributed by atoms with van der Waals surface area (Å²) in [7, 11) is 0. The van der Waals surface area contributed by atoms with E-state index in [1.165, 1.54) is 5.56 Å². The van der Waals surface area contributed by atoms with Gasteiger partial charge in [-0.2, -0.15) is 0 Å². The molecule has 1 saturated heterocycles. The number of pyridine rings is 1. The lowest BCUT2D eigenvalue weighted by Crippen LogP contribution is -2.44. The monoisotopic (exact) mass is 242 g/mol. The van der Waals surface area contributed by atoms with E-state index in [1.54, 1.807) is 0 Å². The zero-order valence-electron chi connectivity index (χ0n) is 10.5. The molecule has 0 bridgehead atoms. The molecule has 0 aliphatic carbocycles. The Kier molecular flexibility index (Phi) is 3.02. The van der Waals surface area contributed by atoms with Crippen molar-refractivity contribution in [1.82, 2.24) is 10.3 Å². The van der Waals surface area contributed by atoms with Gasteiger partial charge in [-0.15, -0.1) is 0 Å². The first-order valence-electron chi connectivity index (χ1n) is 6.41. The highest BCUT2D eigenvalue weighted by Gasteiger charge is 2.16. The Balaban J connectivity index is 1.93. The molecule has 18 heavy (non-hydrogen) atoms. The van der Waals surface area contributed by atoms with Crippen LogP contribution in [-0.2, 0) is 0 Å². The van der Waals surface area contributed by atoms with Crippen LogP contribution >= 0.6 is 0 Å². The van der Waals surface area contributed by atoms with Gasteiger partial charge in [0.2, 0.25) is 0 Å². The highest BCUT2D eigenvalue weighted by Crippen LogP contribution is 2.27. The van der Waals surface area contributed by atoms with Gasteiger partial charge >= 0.3 is 0 Å². The zero-order valence-corrected chi connectivity index (χ0v) is 10.5. The van der Waals surface area contributed by atoms with Crippen LogP contribution < -0.4 is 15.1 Å². The Morgan fingerprint density at radius 3 is 2.89 bits per heavy atom. The van der Waals surface area contributed by atoms with Crippen molar-refractivity contribution in [3.8, 4) is 0 Å². The SMILES string of the molecule is C=CN1CC=Cc2ccc(N3CCNCC3)nc21. The molecule has 1 aromatic rings. The first-order valence-corrected chi connectivity index (χ1v) is 6.41. The van der Waals surface area contributed by atoms with E-state index in [2.05, 4.69) is 46.0 Å². The Hall–Kier alpha value is -1.81. The number of rotatable bonds is 2. The van der Waals surface area contributed by atoms with Crippen molar-refractivity contribution in [2.75, 3.05) is 42.5 Å². The summed E-state index contributed by atoms with van der Waals surface area (Å²) in [6.45, 7) is 8.82. The fraction of sp³-hybridized carbons (Fsp3) is 0.357.